The van der Waals surface area contributed by atoms with Crippen LogP contribution in [-0.4, -0.2) is 42.3 Å². The second-order valence-electron chi connectivity index (χ2n) is 3.88. The van der Waals surface area contributed by atoms with Crippen molar-refractivity contribution in [3.8, 4) is 0 Å². The van der Waals surface area contributed by atoms with E-state index in [9.17, 15) is 8.42 Å². The minimum absolute atomic E-state index is 0.112. The third-order valence-electron chi connectivity index (χ3n) is 2.74. The van der Waals surface area contributed by atoms with Gasteiger partial charge in [-0.25, -0.2) is 8.42 Å². The summed E-state index contributed by atoms with van der Waals surface area (Å²) in [6, 6.07) is 6.63. The summed E-state index contributed by atoms with van der Waals surface area (Å²) in [4.78, 5) is 0.324. The molecule has 0 radical (unpaired) electrons. The molecule has 7 heteroatoms. The van der Waals surface area contributed by atoms with Crippen LogP contribution in [0.3, 0.4) is 0 Å². The molecule has 0 unspecified atom stereocenters. The smallest absolute Gasteiger partial charge is 0.243 e. The SMILES string of the molecule is NC(=S)c1ccccc1S(=O)(=O)N1CCSCC1. The second-order valence-corrected chi connectivity index (χ2v) is 7.45. The summed E-state index contributed by atoms with van der Waals surface area (Å²) >= 11 is 6.67. The van der Waals surface area contributed by atoms with E-state index >= 15 is 0 Å². The molecule has 0 atom stereocenters. The highest BCUT2D eigenvalue weighted by atomic mass is 32.2. The molecule has 98 valence electrons. The second kappa shape index (κ2) is 5.56. The number of hydrogen-bond acceptors (Lipinski definition) is 4. The largest absolute Gasteiger partial charge is 0.389 e. The van der Waals surface area contributed by atoms with Gasteiger partial charge in [-0.05, 0) is 6.07 Å². The minimum Gasteiger partial charge on any atom is -0.389 e. The molecular formula is C11H14N2O2S3. The van der Waals surface area contributed by atoms with Crippen molar-refractivity contribution in [3.63, 3.8) is 0 Å². The first-order valence-electron chi connectivity index (χ1n) is 5.50. The highest BCUT2D eigenvalue weighted by Gasteiger charge is 2.28. The monoisotopic (exact) mass is 302 g/mol. The molecule has 1 fully saturated rings. The predicted molar refractivity (Wildman–Crippen MR) is 78.4 cm³/mol. The molecule has 1 aliphatic rings. The Morgan fingerprint density at radius 3 is 2.50 bits per heavy atom. The average molecular weight is 302 g/mol. The Morgan fingerprint density at radius 2 is 1.89 bits per heavy atom. The van der Waals surface area contributed by atoms with Crippen LogP contribution in [0.1, 0.15) is 5.56 Å². The van der Waals surface area contributed by atoms with E-state index in [2.05, 4.69) is 0 Å². The molecule has 0 spiro atoms. The molecule has 18 heavy (non-hydrogen) atoms. The molecule has 2 N–H and O–H groups in total. The lowest BCUT2D eigenvalue weighted by atomic mass is 10.2. The Labute approximate surface area is 117 Å². The van der Waals surface area contributed by atoms with Crippen molar-refractivity contribution < 1.29 is 8.42 Å². The van der Waals surface area contributed by atoms with Crippen LogP contribution in [-0.2, 0) is 10.0 Å². The third kappa shape index (κ3) is 2.69. The van der Waals surface area contributed by atoms with E-state index in [-0.39, 0.29) is 9.88 Å². The van der Waals surface area contributed by atoms with Gasteiger partial charge in [-0.1, -0.05) is 30.4 Å². The van der Waals surface area contributed by atoms with Crippen molar-refractivity contribution in [2.24, 2.45) is 5.73 Å². The summed E-state index contributed by atoms with van der Waals surface area (Å²) in [7, 11) is -3.49. The molecule has 1 saturated heterocycles. The number of hydrogen-bond donors (Lipinski definition) is 1. The normalized spacial score (nSPS) is 17.6. The van der Waals surface area contributed by atoms with Gasteiger partial charge in [-0.3, -0.25) is 0 Å². The van der Waals surface area contributed by atoms with E-state index < -0.39 is 10.0 Å². The summed E-state index contributed by atoms with van der Waals surface area (Å²) in [6.07, 6.45) is 0. The lowest BCUT2D eigenvalue weighted by Gasteiger charge is -2.26. The summed E-state index contributed by atoms with van der Waals surface area (Å²) in [5, 5.41) is 0. The van der Waals surface area contributed by atoms with Gasteiger partial charge in [0.05, 0.1) is 4.90 Å². The zero-order valence-electron chi connectivity index (χ0n) is 9.70. The van der Waals surface area contributed by atoms with Gasteiger partial charge in [-0.2, -0.15) is 16.1 Å². The third-order valence-corrected chi connectivity index (χ3v) is 5.86. The highest BCUT2D eigenvalue weighted by Crippen LogP contribution is 2.23. The molecule has 0 aromatic heterocycles. The van der Waals surface area contributed by atoms with Crippen LogP contribution in [0.25, 0.3) is 0 Å². The fourth-order valence-electron chi connectivity index (χ4n) is 1.82. The maximum atomic E-state index is 12.5. The number of sulfonamides is 1. The van der Waals surface area contributed by atoms with E-state index in [4.69, 9.17) is 18.0 Å². The van der Waals surface area contributed by atoms with Gasteiger partial charge in [0.1, 0.15) is 4.99 Å². The first-order valence-corrected chi connectivity index (χ1v) is 8.50. The Hall–Kier alpha value is -0.630. The molecule has 0 amide bonds. The van der Waals surface area contributed by atoms with Gasteiger partial charge in [0.2, 0.25) is 10.0 Å². The van der Waals surface area contributed by atoms with Crippen molar-refractivity contribution in [2.75, 3.05) is 24.6 Å². The summed E-state index contributed by atoms with van der Waals surface area (Å²) in [5.74, 6) is 1.66. The minimum atomic E-state index is -3.49. The molecule has 0 bridgehead atoms. The number of benzene rings is 1. The zero-order chi connectivity index (χ0) is 13.2. The highest BCUT2D eigenvalue weighted by molar-refractivity contribution is 7.99. The van der Waals surface area contributed by atoms with Crippen LogP contribution in [0.5, 0.6) is 0 Å². The quantitative estimate of drug-likeness (QED) is 0.846. The fourth-order valence-corrected chi connectivity index (χ4v) is 4.85. The Morgan fingerprint density at radius 1 is 1.28 bits per heavy atom. The van der Waals surface area contributed by atoms with Crippen molar-refractivity contribution >= 4 is 39.0 Å². The van der Waals surface area contributed by atoms with E-state index in [0.717, 1.165) is 11.5 Å². The van der Waals surface area contributed by atoms with Crippen LogP contribution < -0.4 is 5.73 Å². The van der Waals surface area contributed by atoms with Gasteiger partial charge >= 0.3 is 0 Å². The summed E-state index contributed by atoms with van der Waals surface area (Å²) < 4.78 is 26.5. The van der Waals surface area contributed by atoms with Crippen molar-refractivity contribution in [2.45, 2.75) is 4.90 Å². The molecule has 0 aliphatic carbocycles. The molecule has 2 rings (SSSR count). The van der Waals surface area contributed by atoms with E-state index in [0.29, 0.717) is 18.7 Å². The summed E-state index contributed by atoms with van der Waals surface area (Å²) in [6.45, 7) is 1.08. The molecule has 4 nitrogen and oxygen atoms in total. The van der Waals surface area contributed by atoms with Crippen LogP contribution in [0.4, 0.5) is 0 Å². The molecule has 1 heterocycles. The molecular weight excluding hydrogens is 288 g/mol. The van der Waals surface area contributed by atoms with Crippen LogP contribution in [0, 0.1) is 0 Å². The standard InChI is InChI=1S/C11H14N2O2S3/c12-11(16)9-3-1-2-4-10(9)18(14,15)13-5-7-17-8-6-13/h1-4H,5-8H2,(H2,12,16). The number of thioether (sulfide) groups is 1. The molecule has 1 aromatic rings. The predicted octanol–water partition coefficient (Wildman–Crippen LogP) is 1.06. The van der Waals surface area contributed by atoms with Gasteiger partial charge in [0, 0.05) is 30.2 Å². The van der Waals surface area contributed by atoms with Crippen molar-refractivity contribution in [1.82, 2.24) is 4.31 Å². The van der Waals surface area contributed by atoms with Gasteiger partial charge in [-0.15, -0.1) is 0 Å². The molecule has 1 aromatic carbocycles. The van der Waals surface area contributed by atoms with Crippen molar-refractivity contribution in [1.29, 1.82) is 0 Å². The lowest BCUT2D eigenvalue weighted by molar-refractivity contribution is 0.443. The van der Waals surface area contributed by atoms with E-state index in [1.165, 1.54) is 4.31 Å². The fraction of sp³-hybridized carbons (Fsp3) is 0.364. The first kappa shape index (κ1) is 13.8. The van der Waals surface area contributed by atoms with Crippen LogP contribution >= 0.6 is 24.0 Å². The van der Waals surface area contributed by atoms with Gasteiger partial charge < -0.3 is 5.73 Å². The Kier molecular flexibility index (Phi) is 4.26. The van der Waals surface area contributed by atoms with Crippen LogP contribution in [0.15, 0.2) is 29.2 Å². The number of nitrogens with zero attached hydrogens (tertiary/aromatic N) is 1. The van der Waals surface area contributed by atoms with Gasteiger partial charge in [0.15, 0.2) is 0 Å². The Balaban J connectivity index is 2.43. The number of thiocarbonyl (C=S) groups is 1. The maximum Gasteiger partial charge on any atom is 0.243 e. The first-order chi connectivity index (χ1) is 8.53. The van der Waals surface area contributed by atoms with E-state index in [1.807, 2.05) is 0 Å². The molecule has 0 saturated carbocycles. The van der Waals surface area contributed by atoms with Gasteiger partial charge in [0.25, 0.3) is 0 Å². The number of nitrogens with two attached hydrogens (primary N) is 1. The number of rotatable bonds is 3. The van der Waals surface area contributed by atoms with Crippen molar-refractivity contribution in [3.05, 3.63) is 29.8 Å². The Bertz CT molecular complexity index is 551. The topological polar surface area (TPSA) is 63.4 Å². The maximum absolute atomic E-state index is 12.5. The zero-order valence-corrected chi connectivity index (χ0v) is 12.2. The van der Waals surface area contributed by atoms with Crippen LogP contribution in [0.2, 0.25) is 0 Å². The van der Waals surface area contributed by atoms with E-state index in [1.54, 1.807) is 36.0 Å². The summed E-state index contributed by atoms with van der Waals surface area (Å²) in [5.41, 5.74) is 6.01. The lowest BCUT2D eigenvalue weighted by Crippen LogP contribution is -2.38. The average Bonchev–Trinajstić information content (AvgIpc) is 2.39. The molecule has 1 aliphatic heterocycles.